The topological polar surface area (TPSA) is 61.4 Å². The van der Waals surface area contributed by atoms with Crippen molar-refractivity contribution in [3.05, 3.63) is 29.8 Å². The Balaban J connectivity index is 0.00000242. The molecular formula is C17H27ClN2O2. The van der Waals surface area contributed by atoms with Crippen molar-refractivity contribution in [1.29, 1.82) is 0 Å². The fraction of sp³-hybridized carbons (Fsp3) is 0.588. The van der Waals surface area contributed by atoms with E-state index in [0.717, 1.165) is 24.3 Å². The third kappa shape index (κ3) is 5.95. The molecule has 1 aliphatic heterocycles. The molecule has 22 heavy (non-hydrogen) atoms. The highest BCUT2D eigenvalue weighted by Crippen LogP contribution is 2.23. The SMILES string of the molecule is CC(CC(=O)Nc1ccc(CCO)cc1)C1CCCNC1.Cl. The zero-order valence-corrected chi connectivity index (χ0v) is 14.0. The van der Waals surface area contributed by atoms with Crippen LogP contribution in [-0.4, -0.2) is 30.7 Å². The Kier molecular flexibility index (Phi) is 8.46. The van der Waals surface area contributed by atoms with Gasteiger partial charge in [-0.05, 0) is 61.9 Å². The third-order valence-corrected chi connectivity index (χ3v) is 4.29. The highest BCUT2D eigenvalue weighted by molar-refractivity contribution is 5.90. The number of carbonyl (C=O) groups is 1. The normalized spacial score (nSPS) is 19.1. The van der Waals surface area contributed by atoms with Gasteiger partial charge in [-0.25, -0.2) is 0 Å². The van der Waals surface area contributed by atoms with E-state index in [0.29, 0.717) is 24.7 Å². The number of halogens is 1. The Labute approximate surface area is 139 Å². The van der Waals surface area contributed by atoms with Gasteiger partial charge in [0.1, 0.15) is 0 Å². The molecule has 0 aliphatic carbocycles. The monoisotopic (exact) mass is 326 g/mol. The predicted octanol–water partition coefficient (Wildman–Crippen LogP) is 2.61. The summed E-state index contributed by atoms with van der Waals surface area (Å²) in [6, 6.07) is 7.69. The smallest absolute Gasteiger partial charge is 0.224 e. The summed E-state index contributed by atoms with van der Waals surface area (Å²) in [5.41, 5.74) is 1.91. The van der Waals surface area contributed by atoms with Gasteiger partial charge in [-0.3, -0.25) is 4.79 Å². The summed E-state index contributed by atoms with van der Waals surface area (Å²) in [4.78, 5) is 12.1. The fourth-order valence-electron chi connectivity index (χ4n) is 2.92. The molecule has 0 aromatic heterocycles. The van der Waals surface area contributed by atoms with Crippen molar-refractivity contribution in [3.63, 3.8) is 0 Å². The minimum atomic E-state index is 0. The number of hydrogen-bond donors (Lipinski definition) is 3. The fourth-order valence-corrected chi connectivity index (χ4v) is 2.92. The molecule has 1 amide bonds. The lowest BCUT2D eigenvalue weighted by Crippen LogP contribution is -2.34. The summed E-state index contributed by atoms with van der Waals surface area (Å²) in [5.74, 6) is 1.10. The van der Waals surface area contributed by atoms with E-state index in [2.05, 4.69) is 17.6 Å². The molecule has 124 valence electrons. The first-order valence-electron chi connectivity index (χ1n) is 7.89. The van der Waals surface area contributed by atoms with Crippen LogP contribution in [0.2, 0.25) is 0 Å². The number of hydrogen-bond acceptors (Lipinski definition) is 3. The van der Waals surface area contributed by atoms with Crippen molar-refractivity contribution in [2.24, 2.45) is 11.8 Å². The molecule has 5 heteroatoms. The van der Waals surface area contributed by atoms with E-state index in [1.807, 2.05) is 24.3 Å². The van der Waals surface area contributed by atoms with Gasteiger partial charge in [0.05, 0.1) is 0 Å². The number of carbonyl (C=O) groups excluding carboxylic acids is 1. The lowest BCUT2D eigenvalue weighted by atomic mass is 9.85. The quantitative estimate of drug-likeness (QED) is 0.753. The first-order chi connectivity index (χ1) is 10.2. The van der Waals surface area contributed by atoms with E-state index in [1.54, 1.807) is 0 Å². The summed E-state index contributed by atoms with van der Waals surface area (Å²) < 4.78 is 0. The molecule has 3 N–H and O–H groups in total. The summed E-state index contributed by atoms with van der Waals surface area (Å²) in [6.45, 7) is 4.46. The van der Waals surface area contributed by atoms with Crippen LogP contribution in [0.3, 0.4) is 0 Å². The second-order valence-electron chi connectivity index (χ2n) is 6.01. The minimum absolute atomic E-state index is 0. The first-order valence-corrected chi connectivity index (χ1v) is 7.89. The van der Waals surface area contributed by atoms with Gasteiger partial charge in [-0.1, -0.05) is 19.1 Å². The summed E-state index contributed by atoms with van der Waals surface area (Å²) in [6.07, 6.45) is 3.66. The van der Waals surface area contributed by atoms with E-state index in [4.69, 9.17) is 5.11 Å². The van der Waals surface area contributed by atoms with Crippen molar-refractivity contribution in [3.8, 4) is 0 Å². The van der Waals surface area contributed by atoms with Crippen LogP contribution < -0.4 is 10.6 Å². The molecule has 1 aliphatic rings. The molecule has 2 unspecified atom stereocenters. The molecule has 1 aromatic carbocycles. The van der Waals surface area contributed by atoms with Crippen LogP contribution in [0, 0.1) is 11.8 Å². The lowest BCUT2D eigenvalue weighted by molar-refractivity contribution is -0.117. The summed E-state index contributed by atoms with van der Waals surface area (Å²) in [5, 5.41) is 15.2. The number of nitrogens with one attached hydrogen (secondary N) is 2. The maximum Gasteiger partial charge on any atom is 0.224 e. The van der Waals surface area contributed by atoms with E-state index < -0.39 is 0 Å². The molecule has 1 fully saturated rings. The van der Waals surface area contributed by atoms with Gasteiger partial charge >= 0.3 is 0 Å². The molecule has 0 spiro atoms. The van der Waals surface area contributed by atoms with Gasteiger partial charge in [-0.15, -0.1) is 12.4 Å². The van der Waals surface area contributed by atoms with E-state index >= 15 is 0 Å². The number of piperidine rings is 1. The van der Waals surface area contributed by atoms with E-state index in [9.17, 15) is 4.79 Å². The minimum Gasteiger partial charge on any atom is -0.396 e. The van der Waals surface area contributed by atoms with Gasteiger partial charge in [0.2, 0.25) is 5.91 Å². The Morgan fingerprint density at radius 3 is 2.73 bits per heavy atom. The maximum atomic E-state index is 12.1. The summed E-state index contributed by atoms with van der Waals surface area (Å²) >= 11 is 0. The van der Waals surface area contributed by atoms with Crippen molar-refractivity contribution in [2.75, 3.05) is 25.0 Å². The second-order valence-corrected chi connectivity index (χ2v) is 6.01. The van der Waals surface area contributed by atoms with Crippen molar-refractivity contribution >= 4 is 24.0 Å². The Hall–Kier alpha value is -1.10. The standard InChI is InChI=1S/C17H26N2O2.ClH/c1-13(15-3-2-9-18-12-15)11-17(21)19-16-6-4-14(5-7-16)8-10-20;/h4-7,13,15,18,20H,2-3,8-12H2,1H3,(H,19,21);1H. The molecule has 1 aromatic rings. The van der Waals surface area contributed by atoms with Crippen molar-refractivity contribution in [1.82, 2.24) is 5.32 Å². The average molecular weight is 327 g/mol. The van der Waals surface area contributed by atoms with Crippen LogP contribution in [0.15, 0.2) is 24.3 Å². The van der Waals surface area contributed by atoms with E-state index in [1.165, 1.54) is 12.8 Å². The van der Waals surface area contributed by atoms with Gasteiger partial charge in [-0.2, -0.15) is 0 Å². The van der Waals surface area contributed by atoms with E-state index in [-0.39, 0.29) is 24.9 Å². The third-order valence-electron chi connectivity index (χ3n) is 4.29. The van der Waals surface area contributed by atoms with Crippen molar-refractivity contribution < 1.29 is 9.90 Å². The Bertz CT molecular complexity index is 444. The Morgan fingerprint density at radius 2 is 2.14 bits per heavy atom. The number of anilines is 1. The molecule has 0 radical (unpaired) electrons. The number of aliphatic hydroxyl groups excluding tert-OH is 1. The molecule has 2 atom stereocenters. The molecule has 2 rings (SSSR count). The second kappa shape index (κ2) is 9.82. The van der Waals surface area contributed by atoms with Gasteiger partial charge in [0.15, 0.2) is 0 Å². The van der Waals surface area contributed by atoms with Crippen LogP contribution in [0.4, 0.5) is 5.69 Å². The molecule has 1 heterocycles. The van der Waals surface area contributed by atoms with Gasteiger partial charge in [0, 0.05) is 18.7 Å². The number of amides is 1. The molecule has 4 nitrogen and oxygen atoms in total. The van der Waals surface area contributed by atoms with Crippen LogP contribution in [-0.2, 0) is 11.2 Å². The highest BCUT2D eigenvalue weighted by Gasteiger charge is 2.21. The zero-order chi connectivity index (χ0) is 15.1. The molecule has 0 bridgehead atoms. The van der Waals surface area contributed by atoms with Crippen LogP contribution in [0.25, 0.3) is 0 Å². The summed E-state index contributed by atoms with van der Waals surface area (Å²) in [7, 11) is 0. The zero-order valence-electron chi connectivity index (χ0n) is 13.2. The lowest BCUT2D eigenvalue weighted by Gasteiger charge is -2.28. The van der Waals surface area contributed by atoms with Gasteiger partial charge < -0.3 is 15.7 Å². The number of benzene rings is 1. The first kappa shape index (κ1) is 18.9. The number of aliphatic hydroxyl groups is 1. The Morgan fingerprint density at radius 1 is 1.41 bits per heavy atom. The van der Waals surface area contributed by atoms with Crippen LogP contribution in [0.1, 0.15) is 31.7 Å². The molecular weight excluding hydrogens is 300 g/mol. The maximum absolute atomic E-state index is 12.1. The predicted molar refractivity (Wildman–Crippen MR) is 92.5 cm³/mol. The van der Waals surface area contributed by atoms with Crippen LogP contribution in [0.5, 0.6) is 0 Å². The largest absolute Gasteiger partial charge is 0.396 e. The molecule has 0 saturated carbocycles. The van der Waals surface area contributed by atoms with Crippen molar-refractivity contribution in [2.45, 2.75) is 32.6 Å². The van der Waals surface area contributed by atoms with Gasteiger partial charge in [0.25, 0.3) is 0 Å². The average Bonchev–Trinajstić information content (AvgIpc) is 2.50. The van der Waals surface area contributed by atoms with Crippen LogP contribution >= 0.6 is 12.4 Å². The highest BCUT2D eigenvalue weighted by atomic mass is 35.5. The number of rotatable bonds is 6. The molecule has 1 saturated heterocycles.